The zero-order chi connectivity index (χ0) is 18.8. The normalized spacial score (nSPS) is 11.5. The highest BCUT2D eigenvalue weighted by Gasteiger charge is 2.16. The first-order chi connectivity index (χ1) is 13.2. The molecule has 0 saturated heterocycles. The smallest absolute Gasteiger partial charge is 0.272 e. The summed E-state index contributed by atoms with van der Waals surface area (Å²) in [5.74, 6) is 0.303. The Kier molecular flexibility index (Phi) is 5.22. The summed E-state index contributed by atoms with van der Waals surface area (Å²) in [5.41, 5.74) is 1.56. The van der Waals surface area contributed by atoms with Crippen molar-refractivity contribution < 1.29 is 4.39 Å². The minimum atomic E-state index is -0.255. The topological polar surface area (TPSA) is 47.8 Å². The molecule has 4 aromatic rings. The lowest BCUT2D eigenvalue weighted by Crippen LogP contribution is -2.22. The van der Waals surface area contributed by atoms with E-state index in [1.807, 2.05) is 18.2 Å². The third kappa shape index (κ3) is 3.61. The third-order valence-electron chi connectivity index (χ3n) is 4.31. The molecule has 0 aliphatic heterocycles. The van der Waals surface area contributed by atoms with Crippen LogP contribution >= 0.6 is 23.1 Å². The Bertz CT molecular complexity index is 1170. The predicted molar refractivity (Wildman–Crippen MR) is 110 cm³/mol. The quantitative estimate of drug-likeness (QED) is 0.329. The van der Waals surface area contributed by atoms with Gasteiger partial charge < -0.3 is 0 Å². The summed E-state index contributed by atoms with van der Waals surface area (Å²) < 4.78 is 15.9. The van der Waals surface area contributed by atoms with Gasteiger partial charge in [-0.2, -0.15) is 0 Å². The van der Waals surface area contributed by atoms with E-state index < -0.39 is 0 Å². The first kappa shape index (κ1) is 18.1. The van der Waals surface area contributed by atoms with Gasteiger partial charge in [-0.25, -0.2) is 14.4 Å². The first-order valence-electron chi connectivity index (χ1n) is 8.82. The number of halogens is 1. The summed E-state index contributed by atoms with van der Waals surface area (Å²) in [6.45, 7) is 2.73. The number of thioether (sulfide) groups is 1. The second-order valence-corrected chi connectivity index (χ2v) is 8.20. The van der Waals surface area contributed by atoms with Crippen molar-refractivity contribution in [2.24, 2.45) is 0 Å². The fourth-order valence-corrected chi connectivity index (χ4v) is 4.93. The molecule has 27 heavy (non-hydrogen) atoms. The van der Waals surface area contributed by atoms with E-state index in [1.165, 1.54) is 35.2 Å². The average Bonchev–Trinajstić information content (AvgIpc) is 3.05. The van der Waals surface area contributed by atoms with E-state index >= 15 is 0 Å². The molecule has 0 atom stereocenters. The van der Waals surface area contributed by atoms with Gasteiger partial charge in [0.2, 0.25) is 0 Å². The summed E-state index contributed by atoms with van der Waals surface area (Å²) >= 11 is 2.86. The van der Waals surface area contributed by atoms with E-state index in [4.69, 9.17) is 4.98 Å². The van der Waals surface area contributed by atoms with Gasteiger partial charge in [0.1, 0.15) is 15.3 Å². The van der Waals surface area contributed by atoms with Crippen LogP contribution in [-0.4, -0.2) is 14.5 Å². The average molecular weight is 400 g/mol. The van der Waals surface area contributed by atoms with Crippen molar-refractivity contribution in [3.05, 3.63) is 64.3 Å². The molecule has 0 aliphatic carbocycles. The molecule has 0 bridgehead atoms. The summed E-state index contributed by atoms with van der Waals surface area (Å²) in [6, 6.07) is 10.3. The predicted octanol–water partition coefficient (Wildman–Crippen LogP) is 5.24. The van der Waals surface area contributed by atoms with Crippen LogP contribution in [0.15, 0.2) is 52.5 Å². The number of benzene rings is 1. The van der Waals surface area contributed by atoms with Crippen molar-refractivity contribution in [1.29, 1.82) is 0 Å². The number of rotatable bonds is 6. The number of nitrogens with zero attached hydrogens (tertiary/aromatic N) is 3. The van der Waals surface area contributed by atoms with Gasteiger partial charge in [-0.1, -0.05) is 37.2 Å². The Morgan fingerprint density at radius 1 is 1.26 bits per heavy atom. The minimum Gasteiger partial charge on any atom is -0.286 e. The Morgan fingerprint density at radius 2 is 2.15 bits per heavy atom. The molecular formula is C20H18FN3OS2. The second-order valence-electron chi connectivity index (χ2n) is 6.26. The number of aromatic nitrogens is 3. The van der Waals surface area contributed by atoms with Crippen molar-refractivity contribution in [2.75, 3.05) is 0 Å². The molecule has 4 nitrogen and oxygen atoms in total. The maximum absolute atomic E-state index is 13.5. The SMILES string of the molecule is CCCCn1c(SCc2cccc(F)c2)nc2c(sc3ncccc32)c1=O. The van der Waals surface area contributed by atoms with Crippen LogP contribution in [0.5, 0.6) is 0 Å². The fraction of sp³-hybridized carbons (Fsp3) is 0.250. The second kappa shape index (κ2) is 7.78. The summed E-state index contributed by atoms with van der Waals surface area (Å²) in [6.07, 6.45) is 3.63. The van der Waals surface area contributed by atoms with Gasteiger partial charge in [0, 0.05) is 23.9 Å². The van der Waals surface area contributed by atoms with Crippen LogP contribution in [0.2, 0.25) is 0 Å². The summed E-state index contributed by atoms with van der Waals surface area (Å²) in [5, 5.41) is 1.58. The van der Waals surface area contributed by atoms with Crippen molar-refractivity contribution in [3.63, 3.8) is 0 Å². The van der Waals surface area contributed by atoms with Crippen LogP contribution in [0.3, 0.4) is 0 Å². The monoisotopic (exact) mass is 399 g/mol. The van der Waals surface area contributed by atoms with Crippen molar-refractivity contribution >= 4 is 43.5 Å². The highest BCUT2D eigenvalue weighted by atomic mass is 32.2. The molecule has 4 rings (SSSR count). The highest BCUT2D eigenvalue weighted by molar-refractivity contribution is 7.98. The van der Waals surface area contributed by atoms with Gasteiger partial charge in [0.15, 0.2) is 5.16 Å². The summed E-state index contributed by atoms with van der Waals surface area (Å²) in [7, 11) is 0. The number of hydrogen-bond acceptors (Lipinski definition) is 5. The molecule has 3 heterocycles. The van der Waals surface area contributed by atoms with Crippen LogP contribution in [0.4, 0.5) is 4.39 Å². The van der Waals surface area contributed by atoms with Crippen LogP contribution in [-0.2, 0) is 12.3 Å². The van der Waals surface area contributed by atoms with Gasteiger partial charge in [-0.05, 0) is 36.2 Å². The van der Waals surface area contributed by atoms with Crippen molar-refractivity contribution in [1.82, 2.24) is 14.5 Å². The van der Waals surface area contributed by atoms with E-state index in [-0.39, 0.29) is 11.4 Å². The van der Waals surface area contributed by atoms with Crippen LogP contribution in [0.1, 0.15) is 25.3 Å². The largest absolute Gasteiger partial charge is 0.286 e. The molecular weight excluding hydrogens is 381 g/mol. The highest BCUT2D eigenvalue weighted by Crippen LogP contribution is 2.31. The fourth-order valence-electron chi connectivity index (χ4n) is 2.94. The zero-order valence-electron chi connectivity index (χ0n) is 14.8. The number of fused-ring (bicyclic) bond motifs is 3. The Balaban J connectivity index is 1.80. The number of unbranched alkanes of at least 4 members (excludes halogenated alkanes) is 1. The maximum atomic E-state index is 13.5. The van der Waals surface area contributed by atoms with E-state index in [0.29, 0.717) is 27.7 Å². The van der Waals surface area contributed by atoms with Crippen LogP contribution in [0, 0.1) is 5.82 Å². The Morgan fingerprint density at radius 3 is 2.96 bits per heavy atom. The van der Waals surface area contributed by atoms with E-state index in [9.17, 15) is 9.18 Å². The third-order valence-corrected chi connectivity index (χ3v) is 6.45. The Hall–Kier alpha value is -2.25. The lowest BCUT2D eigenvalue weighted by atomic mass is 10.2. The number of pyridine rings is 1. The molecule has 7 heteroatoms. The summed E-state index contributed by atoms with van der Waals surface area (Å²) in [4.78, 5) is 23.1. The molecule has 0 spiro atoms. The van der Waals surface area contributed by atoms with Crippen molar-refractivity contribution in [2.45, 2.75) is 37.2 Å². The molecule has 0 radical (unpaired) electrons. The molecule has 0 saturated carbocycles. The standard InChI is InChI=1S/C20H18FN3OS2/c1-2-3-10-24-19(25)17-16(15-8-5-9-22-18(15)27-17)23-20(24)26-12-13-6-4-7-14(21)11-13/h4-9,11H,2-3,10,12H2,1H3. The van der Waals surface area contributed by atoms with Gasteiger partial charge >= 0.3 is 0 Å². The van der Waals surface area contributed by atoms with Gasteiger partial charge in [-0.15, -0.1) is 11.3 Å². The minimum absolute atomic E-state index is 0.0156. The van der Waals surface area contributed by atoms with Gasteiger partial charge in [0.25, 0.3) is 5.56 Å². The molecule has 3 aromatic heterocycles. The molecule has 1 aromatic carbocycles. The maximum Gasteiger partial charge on any atom is 0.272 e. The van der Waals surface area contributed by atoms with Crippen molar-refractivity contribution in [3.8, 4) is 0 Å². The lowest BCUT2D eigenvalue weighted by molar-refractivity contribution is 0.558. The molecule has 0 unspecified atom stereocenters. The van der Waals surface area contributed by atoms with Crippen LogP contribution < -0.4 is 5.56 Å². The van der Waals surface area contributed by atoms with E-state index in [2.05, 4.69) is 11.9 Å². The molecule has 0 aliphatic rings. The van der Waals surface area contributed by atoms with Gasteiger partial charge in [0.05, 0.1) is 5.52 Å². The Labute approximate surface area is 164 Å². The molecule has 0 fully saturated rings. The molecule has 0 amide bonds. The lowest BCUT2D eigenvalue weighted by Gasteiger charge is -2.11. The molecule has 138 valence electrons. The van der Waals surface area contributed by atoms with Crippen LogP contribution in [0.25, 0.3) is 20.4 Å². The number of hydrogen-bond donors (Lipinski definition) is 0. The zero-order valence-corrected chi connectivity index (χ0v) is 16.4. The van der Waals surface area contributed by atoms with Gasteiger partial charge in [-0.3, -0.25) is 9.36 Å². The number of thiophene rings is 1. The van der Waals surface area contributed by atoms with E-state index in [1.54, 1.807) is 16.8 Å². The molecule has 0 N–H and O–H groups in total. The first-order valence-corrected chi connectivity index (χ1v) is 10.6. The van der Waals surface area contributed by atoms with E-state index in [0.717, 1.165) is 28.6 Å².